The summed E-state index contributed by atoms with van der Waals surface area (Å²) in [7, 11) is 0. The second-order valence-electron chi connectivity index (χ2n) is 16.0. The van der Waals surface area contributed by atoms with Gasteiger partial charge in [-0.3, -0.25) is 0 Å². The van der Waals surface area contributed by atoms with E-state index in [1.54, 1.807) is 0 Å². The van der Waals surface area contributed by atoms with Crippen molar-refractivity contribution in [2.45, 2.75) is 111 Å². The first-order chi connectivity index (χ1) is 25.5. The Labute approximate surface area is 326 Å². The second-order valence-corrected chi connectivity index (χ2v) is 16.0. The third-order valence-corrected chi connectivity index (χ3v) is 13.4. The smallest absolute Gasteiger partial charge is 0.0525 e. The minimum absolute atomic E-state index is 1.16. The quantitative estimate of drug-likeness (QED) is 0.163. The summed E-state index contributed by atoms with van der Waals surface area (Å²) in [6, 6.07) is 27.3. The normalized spacial score (nSPS) is 11.3. The lowest BCUT2D eigenvalue weighted by Gasteiger charge is -2.35. The number of benzene rings is 6. The number of aryl methyl sites for hydroxylation is 1. The second kappa shape index (κ2) is 14.6. The molecule has 0 saturated heterocycles. The van der Waals surface area contributed by atoms with Crippen LogP contribution in [-0.2, 0) is 0 Å². The van der Waals surface area contributed by atoms with Crippen molar-refractivity contribution in [3.8, 4) is 11.1 Å². The summed E-state index contributed by atoms with van der Waals surface area (Å²) in [6.45, 7) is 36.3. The summed E-state index contributed by atoms with van der Waals surface area (Å²) in [5.74, 6) is 0. The molecule has 0 atom stereocenters. The first-order valence-corrected chi connectivity index (χ1v) is 19.6. The zero-order valence-corrected chi connectivity index (χ0v) is 35.8. The highest BCUT2D eigenvalue weighted by Gasteiger charge is 2.26. The Morgan fingerprint density at radius 3 is 0.704 bits per heavy atom. The van der Waals surface area contributed by atoms with E-state index in [-0.39, 0.29) is 0 Å². The Morgan fingerprint density at radius 2 is 0.426 bits per heavy atom. The van der Waals surface area contributed by atoms with E-state index in [1.165, 1.54) is 129 Å². The van der Waals surface area contributed by atoms with Crippen molar-refractivity contribution in [2.75, 3.05) is 9.80 Å². The molecule has 2 nitrogen and oxygen atoms in total. The van der Waals surface area contributed by atoms with Gasteiger partial charge >= 0.3 is 0 Å². The highest BCUT2D eigenvalue weighted by molar-refractivity contribution is 5.88. The van der Waals surface area contributed by atoms with Crippen LogP contribution in [0.15, 0.2) is 72.8 Å². The third kappa shape index (κ3) is 6.34. The molecule has 54 heavy (non-hydrogen) atoms. The Kier molecular flexibility index (Phi) is 10.5. The van der Waals surface area contributed by atoms with Gasteiger partial charge in [-0.1, -0.05) is 42.0 Å². The van der Waals surface area contributed by atoms with Crippen molar-refractivity contribution < 1.29 is 0 Å². The summed E-state index contributed by atoms with van der Waals surface area (Å²) in [5, 5.41) is 0. The average molecular weight is 713 g/mol. The summed E-state index contributed by atoms with van der Waals surface area (Å²) >= 11 is 0. The SMILES string of the molecule is Cc1ccc(N(c2ccc(-c3ccc(N(c4c(C)c(C)c(C)c(C)c4C)c4c(C)c(C)c(C)c(C)c4C)cc3)cc2)c2c(C)c(C)c(C)c(C)c2C)cc1. The Balaban J connectivity index is 1.47. The maximum atomic E-state index is 2.55. The van der Waals surface area contributed by atoms with E-state index in [1.807, 2.05) is 0 Å². The van der Waals surface area contributed by atoms with Gasteiger partial charge in [0.05, 0.1) is 17.1 Å². The predicted molar refractivity (Wildman–Crippen MR) is 237 cm³/mol. The van der Waals surface area contributed by atoms with Crippen LogP contribution < -0.4 is 9.80 Å². The molecular formula is C52H60N2. The fraction of sp³-hybridized carbons (Fsp3) is 0.308. The molecule has 0 N–H and O–H groups in total. The third-order valence-electron chi connectivity index (χ3n) is 13.4. The van der Waals surface area contributed by atoms with Crippen LogP contribution in [0.2, 0.25) is 0 Å². The zero-order valence-electron chi connectivity index (χ0n) is 35.8. The van der Waals surface area contributed by atoms with Crippen LogP contribution in [0.3, 0.4) is 0 Å². The van der Waals surface area contributed by atoms with Crippen LogP contribution in [0, 0.1) is 111 Å². The van der Waals surface area contributed by atoms with E-state index in [4.69, 9.17) is 0 Å². The molecular weight excluding hydrogens is 653 g/mol. The van der Waals surface area contributed by atoms with E-state index in [2.05, 4.69) is 193 Å². The minimum atomic E-state index is 1.16. The van der Waals surface area contributed by atoms with Gasteiger partial charge in [0.1, 0.15) is 0 Å². The molecule has 0 spiro atoms. The van der Waals surface area contributed by atoms with Gasteiger partial charge in [-0.05, 0) is 242 Å². The molecule has 0 fully saturated rings. The van der Waals surface area contributed by atoms with E-state index >= 15 is 0 Å². The molecule has 0 saturated carbocycles. The van der Waals surface area contributed by atoms with E-state index in [0.29, 0.717) is 0 Å². The number of hydrogen-bond acceptors (Lipinski definition) is 2. The monoisotopic (exact) mass is 712 g/mol. The Bertz CT molecular complexity index is 2250. The van der Waals surface area contributed by atoms with Crippen LogP contribution >= 0.6 is 0 Å². The molecule has 0 aliphatic rings. The Morgan fingerprint density at radius 1 is 0.222 bits per heavy atom. The topological polar surface area (TPSA) is 6.48 Å². The van der Waals surface area contributed by atoms with Crippen molar-refractivity contribution in [1.29, 1.82) is 0 Å². The summed E-state index contributed by atoms with van der Waals surface area (Å²) in [5.41, 5.74) is 31.4. The molecule has 0 bridgehead atoms. The minimum Gasteiger partial charge on any atom is -0.310 e. The molecule has 6 aromatic carbocycles. The van der Waals surface area contributed by atoms with Gasteiger partial charge in [0.25, 0.3) is 0 Å². The molecule has 2 heteroatoms. The van der Waals surface area contributed by atoms with Crippen molar-refractivity contribution in [2.24, 2.45) is 0 Å². The van der Waals surface area contributed by atoms with Gasteiger partial charge in [-0.25, -0.2) is 0 Å². The first-order valence-electron chi connectivity index (χ1n) is 19.6. The maximum absolute atomic E-state index is 2.55. The highest BCUT2D eigenvalue weighted by Crippen LogP contribution is 2.47. The summed E-state index contributed by atoms with van der Waals surface area (Å²) in [6.07, 6.45) is 0. The first kappa shape index (κ1) is 38.6. The van der Waals surface area contributed by atoms with Gasteiger partial charge in [0.2, 0.25) is 0 Å². The average Bonchev–Trinajstić information content (AvgIpc) is 3.18. The van der Waals surface area contributed by atoms with Gasteiger partial charge in [0, 0.05) is 17.1 Å². The van der Waals surface area contributed by atoms with Crippen molar-refractivity contribution in [1.82, 2.24) is 0 Å². The molecule has 0 aromatic heterocycles. The molecule has 0 amide bonds. The maximum Gasteiger partial charge on any atom is 0.0525 e. The van der Waals surface area contributed by atoms with Gasteiger partial charge in [-0.2, -0.15) is 0 Å². The highest BCUT2D eigenvalue weighted by atomic mass is 15.2. The van der Waals surface area contributed by atoms with Crippen molar-refractivity contribution in [3.05, 3.63) is 162 Å². The van der Waals surface area contributed by atoms with Gasteiger partial charge in [-0.15, -0.1) is 0 Å². The summed E-state index contributed by atoms with van der Waals surface area (Å²) < 4.78 is 0. The van der Waals surface area contributed by atoms with Crippen LogP contribution in [0.25, 0.3) is 11.1 Å². The Hall–Kier alpha value is -5.08. The number of hydrogen-bond donors (Lipinski definition) is 0. The fourth-order valence-corrected chi connectivity index (χ4v) is 8.52. The van der Waals surface area contributed by atoms with E-state index in [9.17, 15) is 0 Å². The molecule has 0 aliphatic heterocycles. The number of rotatable bonds is 7. The summed E-state index contributed by atoms with van der Waals surface area (Å²) in [4.78, 5) is 5.00. The number of nitrogens with zero attached hydrogens (tertiary/aromatic N) is 2. The van der Waals surface area contributed by atoms with E-state index < -0.39 is 0 Å². The standard InChI is InChI=1S/C52H60N2/c1-29-17-23-47(24-18-29)53(50-39(11)33(5)30(2)34(6)40(50)12)48-25-19-45(20-26-48)46-21-27-49(28-22-46)54(51-41(13)35(7)31(3)36(8)42(51)14)52-43(15)37(9)32(4)38(10)44(52)16/h17-28H,1-16H3. The van der Waals surface area contributed by atoms with Crippen molar-refractivity contribution >= 4 is 34.1 Å². The van der Waals surface area contributed by atoms with Gasteiger partial charge in [0.15, 0.2) is 0 Å². The molecule has 0 heterocycles. The van der Waals surface area contributed by atoms with Crippen molar-refractivity contribution in [3.63, 3.8) is 0 Å². The van der Waals surface area contributed by atoms with Crippen LogP contribution in [-0.4, -0.2) is 0 Å². The van der Waals surface area contributed by atoms with Gasteiger partial charge < -0.3 is 9.80 Å². The van der Waals surface area contributed by atoms with E-state index in [0.717, 1.165) is 5.69 Å². The fourth-order valence-electron chi connectivity index (χ4n) is 8.52. The van der Waals surface area contributed by atoms with Crippen LogP contribution in [0.4, 0.5) is 34.1 Å². The van der Waals surface area contributed by atoms with Crippen LogP contribution in [0.1, 0.15) is 89.0 Å². The molecule has 0 aliphatic carbocycles. The molecule has 0 unspecified atom stereocenters. The largest absolute Gasteiger partial charge is 0.310 e. The molecule has 278 valence electrons. The van der Waals surface area contributed by atoms with Crippen LogP contribution in [0.5, 0.6) is 0 Å². The lowest BCUT2D eigenvalue weighted by molar-refractivity contribution is 1.09. The predicted octanol–water partition coefficient (Wildman–Crippen LogP) is 15.2. The lowest BCUT2D eigenvalue weighted by Crippen LogP contribution is -2.18. The number of anilines is 6. The molecule has 6 rings (SSSR count). The molecule has 6 aromatic rings. The zero-order chi connectivity index (χ0) is 39.5. The molecule has 0 radical (unpaired) electrons. The lowest BCUT2D eigenvalue weighted by atomic mass is 9.89.